The van der Waals surface area contributed by atoms with Gasteiger partial charge >= 0.3 is 0 Å². The van der Waals surface area contributed by atoms with Gasteiger partial charge in [-0.1, -0.05) is 0 Å². The van der Waals surface area contributed by atoms with Crippen LogP contribution in [0.25, 0.3) is 0 Å². The third-order valence-corrected chi connectivity index (χ3v) is 2.85. The summed E-state index contributed by atoms with van der Waals surface area (Å²) in [6.45, 7) is 0.705. The maximum absolute atomic E-state index is 12.0. The third-order valence-electron chi connectivity index (χ3n) is 2.85. The predicted octanol–water partition coefficient (Wildman–Crippen LogP) is 0.261. The van der Waals surface area contributed by atoms with E-state index in [1.165, 1.54) is 6.20 Å². The minimum absolute atomic E-state index is 0.0146. The molecule has 16 heavy (non-hydrogen) atoms. The molecule has 0 radical (unpaired) electrons. The molecule has 5 heteroatoms. The lowest BCUT2D eigenvalue weighted by Gasteiger charge is -2.22. The lowest BCUT2D eigenvalue weighted by atomic mass is 10.2. The number of hydrogen-bond donors (Lipinski definition) is 2. The summed E-state index contributed by atoms with van der Waals surface area (Å²) in [5.74, 6) is -0.128. The number of aromatic nitrogens is 1. The van der Waals surface area contributed by atoms with Crippen LogP contribution in [0.2, 0.25) is 0 Å². The Morgan fingerprint density at radius 3 is 3.06 bits per heavy atom. The number of likely N-dealkylation sites (tertiary alicyclic amines) is 1. The van der Waals surface area contributed by atoms with Crippen molar-refractivity contribution in [3.05, 3.63) is 24.0 Å². The van der Waals surface area contributed by atoms with Crippen LogP contribution in [-0.2, 0) is 0 Å². The Kier molecular flexibility index (Phi) is 3.05. The molecule has 2 heterocycles. The first-order valence-electron chi connectivity index (χ1n) is 5.35. The molecular formula is C11H15N3O2. The Hall–Kier alpha value is -1.62. The summed E-state index contributed by atoms with van der Waals surface area (Å²) in [4.78, 5) is 17.7. The summed E-state index contributed by atoms with van der Waals surface area (Å²) in [6, 6.07) is 3.21. The van der Waals surface area contributed by atoms with Crippen LogP contribution in [0.1, 0.15) is 23.3 Å². The molecule has 1 aromatic rings. The van der Waals surface area contributed by atoms with E-state index in [-0.39, 0.29) is 18.6 Å². The van der Waals surface area contributed by atoms with E-state index in [9.17, 15) is 4.79 Å². The summed E-state index contributed by atoms with van der Waals surface area (Å²) in [7, 11) is 0. The maximum Gasteiger partial charge on any atom is 0.272 e. The summed E-state index contributed by atoms with van der Waals surface area (Å²) >= 11 is 0. The van der Waals surface area contributed by atoms with Gasteiger partial charge < -0.3 is 15.7 Å². The Morgan fingerprint density at radius 1 is 1.62 bits per heavy atom. The fourth-order valence-corrected chi connectivity index (χ4v) is 1.97. The topological polar surface area (TPSA) is 79.5 Å². The molecule has 0 aromatic carbocycles. The van der Waals surface area contributed by atoms with Crippen LogP contribution < -0.4 is 5.73 Å². The summed E-state index contributed by atoms with van der Waals surface area (Å²) in [6.07, 6.45) is 3.26. The van der Waals surface area contributed by atoms with Gasteiger partial charge in [0.2, 0.25) is 0 Å². The first-order chi connectivity index (χ1) is 7.72. The van der Waals surface area contributed by atoms with Gasteiger partial charge in [-0.15, -0.1) is 0 Å². The van der Waals surface area contributed by atoms with Crippen LogP contribution in [0.4, 0.5) is 5.69 Å². The number of carbonyl (C=O) groups excluding carboxylic acids is 1. The SMILES string of the molecule is Nc1ccc(C(=O)N2CCC[C@@H]2CO)nc1. The standard InChI is InChI=1S/C11H15N3O2/c12-8-3-4-10(13-6-8)11(16)14-5-1-2-9(14)7-15/h3-4,6,9,15H,1-2,5,7,12H2/t9-/m1/s1. The van der Waals surface area contributed by atoms with E-state index in [1.54, 1.807) is 17.0 Å². The zero-order valence-corrected chi connectivity index (χ0v) is 8.97. The summed E-state index contributed by atoms with van der Waals surface area (Å²) in [5.41, 5.74) is 6.43. The molecule has 0 unspecified atom stereocenters. The van der Waals surface area contributed by atoms with Crippen LogP contribution in [0.15, 0.2) is 18.3 Å². The molecule has 1 fully saturated rings. The summed E-state index contributed by atoms with van der Waals surface area (Å²) < 4.78 is 0. The van der Waals surface area contributed by atoms with Gasteiger partial charge in [0.25, 0.3) is 5.91 Å². The van der Waals surface area contributed by atoms with Crippen molar-refractivity contribution in [2.75, 3.05) is 18.9 Å². The molecule has 0 bridgehead atoms. The second-order valence-corrected chi connectivity index (χ2v) is 3.95. The van der Waals surface area contributed by atoms with Gasteiger partial charge in [0.1, 0.15) is 5.69 Å². The van der Waals surface area contributed by atoms with Crippen molar-refractivity contribution in [2.24, 2.45) is 0 Å². The van der Waals surface area contributed by atoms with Gasteiger partial charge in [-0.3, -0.25) is 4.79 Å². The van der Waals surface area contributed by atoms with E-state index < -0.39 is 0 Å². The highest BCUT2D eigenvalue weighted by atomic mass is 16.3. The van der Waals surface area contributed by atoms with E-state index in [1.807, 2.05) is 0 Å². The van der Waals surface area contributed by atoms with Gasteiger partial charge in [0.05, 0.1) is 24.5 Å². The van der Waals surface area contributed by atoms with Gasteiger partial charge in [0, 0.05) is 6.54 Å². The second-order valence-electron chi connectivity index (χ2n) is 3.95. The molecule has 3 N–H and O–H groups in total. The highest BCUT2D eigenvalue weighted by Gasteiger charge is 2.29. The van der Waals surface area contributed by atoms with Crippen LogP contribution in [-0.4, -0.2) is 40.1 Å². The average molecular weight is 221 g/mol. The van der Waals surface area contributed by atoms with Crippen LogP contribution in [0, 0.1) is 0 Å². The van der Waals surface area contributed by atoms with Crippen molar-refractivity contribution in [3.63, 3.8) is 0 Å². The number of pyridine rings is 1. The van der Waals surface area contributed by atoms with Crippen molar-refractivity contribution < 1.29 is 9.90 Å². The second kappa shape index (κ2) is 4.49. The highest BCUT2D eigenvalue weighted by Crippen LogP contribution is 2.19. The van der Waals surface area contributed by atoms with Crippen molar-refractivity contribution in [1.29, 1.82) is 0 Å². The first kappa shape index (κ1) is 10.9. The van der Waals surface area contributed by atoms with Gasteiger partial charge in [-0.2, -0.15) is 0 Å². The number of nitrogens with zero attached hydrogens (tertiary/aromatic N) is 2. The molecule has 2 rings (SSSR count). The largest absolute Gasteiger partial charge is 0.397 e. The lowest BCUT2D eigenvalue weighted by Crippen LogP contribution is -2.38. The number of nitrogens with two attached hydrogens (primary N) is 1. The maximum atomic E-state index is 12.0. The monoisotopic (exact) mass is 221 g/mol. The third kappa shape index (κ3) is 1.99. The average Bonchev–Trinajstić information content (AvgIpc) is 2.77. The molecule has 0 spiro atoms. The Labute approximate surface area is 93.9 Å². The number of anilines is 1. The molecule has 0 saturated carbocycles. The molecule has 86 valence electrons. The van der Waals surface area contributed by atoms with Gasteiger partial charge in [-0.05, 0) is 25.0 Å². The Balaban J connectivity index is 2.15. The number of aliphatic hydroxyl groups is 1. The predicted molar refractivity (Wildman–Crippen MR) is 59.8 cm³/mol. The van der Waals surface area contributed by atoms with E-state index in [0.717, 1.165) is 12.8 Å². The minimum atomic E-state index is -0.128. The van der Waals surface area contributed by atoms with Gasteiger partial charge in [-0.25, -0.2) is 4.98 Å². The lowest BCUT2D eigenvalue weighted by molar-refractivity contribution is 0.0672. The molecule has 0 aliphatic carbocycles. The number of hydrogen-bond acceptors (Lipinski definition) is 4. The molecule has 1 amide bonds. The molecule has 1 saturated heterocycles. The number of nitrogen functional groups attached to an aromatic ring is 1. The molecule has 1 atom stereocenters. The zero-order valence-electron chi connectivity index (χ0n) is 8.97. The van der Waals surface area contributed by atoms with Crippen molar-refractivity contribution in [1.82, 2.24) is 9.88 Å². The summed E-state index contributed by atoms with van der Waals surface area (Å²) in [5, 5.41) is 9.14. The van der Waals surface area contributed by atoms with Gasteiger partial charge in [0.15, 0.2) is 0 Å². The molecule has 1 aliphatic heterocycles. The number of aliphatic hydroxyl groups excluding tert-OH is 1. The fourth-order valence-electron chi connectivity index (χ4n) is 1.97. The van der Waals surface area contributed by atoms with Crippen molar-refractivity contribution >= 4 is 11.6 Å². The highest BCUT2D eigenvalue weighted by molar-refractivity contribution is 5.92. The molecule has 5 nitrogen and oxygen atoms in total. The van der Waals surface area contributed by atoms with Crippen molar-refractivity contribution in [2.45, 2.75) is 18.9 Å². The zero-order chi connectivity index (χ0) is 11.5. The normalized spacial score (nSPS) is 20.1. The first-order valence-corrected chi connectivity index (χ1v) is 5.35. The Bertz CT molecular complexity index is 377. The number of carbonyl (C=O) groups is 1. The minimum Gasteiger partial charge on any atom is -0.397 e. The van der Waals surface area contributed by atoms with E-state index in [4.69, 9.17) is 10.8 Å². The van der Waals surface area contributed by atoms with Crippen LogP contribution in [0.5, 0.6) is 0 Å². The quantitative estimate of drug-likeness (QED) is 0.750. The molecule has 1 aliphatic rings. The van der Waals surface area contributed by atoms with Crippen LogP contribution in [0.3, 0.4) is 0 Å². The fraction of sp³-hybridized carbons (Fsp3) is 0.455. The molecule has 1 aromatic heterocycles. The number of amides is 1. The number of rotatable bonds is 2. The van der Waals surface area contributed by atoms with Crippen molar-refractivity contribution in [3.8, 4) is 0 Å². The van der Waals surface area contributed by atoms with E-state index >= 15 is 0 Å². The van der Waals surface area contributed by atoms with E-state index in [0.29, 0.717) is 17.9 Å². The van der Waals surface area contributed by atoms with Crippen LogP contribution >= 0.6 is 0 Å². The Morgan fingerprint density at radius 2 is 2.44 bits per heavy atom. The smallest absolute Gasteiger partial charge is 0.272 e. The molecular weight excluding hydrogens is 206 g/mol. The van der Waals surface area contributed by atoms with E-state index in [2.05, 4.69) is 4.98 Å².